The predicted octanol–water partition coefficient (Wildman–Crippen LogP) is 4.23. The summed E-state index contributed by atoms with van der Waals surface area (Å²) < 4.78 is 47.7. The van der Waals surface area contributed by atoms with Crippen LogP contribution in [0.1, 0.15) is 36.5 Å². The van der Waals surface area contributed by atoms with Crippen LogP contribution in [0.4, 0.5) is 9.52 Å². The molecule has 0 spiro atoms. The standard InChI is InChI=1S/C27H33FN4O4S2/c1-20-9-13-31(14-10-20)38(34,35)23-6-3-21(4-7-23)26(33)32(12-2-11-30-15-17-36-18-16-30)27-29-24-8-5-22(28)19-25(24)37-27/h3-8,19-20H,2,9-18H2,1H3. The summed E-state index contributed by atoms with van der Waals surface area (Å²) in [5.74, 6) is -0.0882. The molecule has 38 heavy (non-hydrogen) atoms. The Morgan fingerprint density at radius 2 is 1.82 bits per heavy atom. The van der Waals surface area contributed by atoms with Crippen LogP contribution >= 0.6 is 11.3 Å². The number of anilines is 1. The fourth-order valence-electron chi connectivity index (χ4n) is 4.86. The molecule has 0 bridgehead atoms. The van der Waals surface area contributed by atoms with Gasteiger partial charge in [0.15, 0.2) is 5.13 Å². The van der Waals surface area contributed by atoms with Crippen molar-refractivity contribution in [3.63, 3.8) is 0 Å². The number of fused-ring (bicyclic) bond motifs is 1. The fourth-order valence-corrected chi connectivity index (χ4v) is 7.35. The molecule has 0 N–H and O–H groups in total. The van der Waals surface area contributed by atoms with Gasteiger partial charge < -0.3 is 4.74 Å². The molecule has 2 aromatic carbocycles. The summed E-state index contributed by atoms with van der Waals surface area (Å²) in [6.45, 7) is 7.55. The number of halogens is 1. The van der Waals surface area contributed by atoms with Gasteiger partial charge in [-0.05, 0) is 67.6 Å². The molecule has 3 heterocycles. The number of nitrogens with zero attached hydrogens (tertiary/aromatic N) is 4. The molecule has 204 valence electrons. The molecule has 8 nitrogen and oxygen atoms in total. The third-order valence-corrected chi connectivity index (χ3v) is 10.2. The number of carbonyl (C=O) groups excluding carboxylic acids is 1. The number of amides is 1. The Morgan fingerprint density at radius 1 is 1.11 bits per heavy atom. The smallest absolute Gasteiger partial charge is 0.260 e. The number of piperidine rings is 1. The molecule has 2 fully saturated rings. The minimum atomic E-state index is -3.60. The maximum absolute atomic E-state index is 13.8. The molecule has 2 aliphatic rings. The van der Waals surface area contributed by atoms with Crippen molar-refractivity contribution in [1.29, 1.82) is 0 Å². The van der Waals surface area contributed by atoms with Crippen molar-refractivity contribution < 1.29 is 22.3 Å². The number of hydrogen-bond acceptors (Lipinski definition) is 7. The summed E-state index contributed by atoms with van der Waals surface area (Å²) in [6.07, 6.45) is 2.43. The Bertz CT molecular complexity index is 1370. The highest BCUT2D eigenvalue weighted by atomic mass is 32.2. The van der Waals surface area contributed by atoms with E-state index in [1.807, 2.05) is 0 Å². The minimum absolute atomic E-state index is 0.193. The summed E-state index contributed by atoms with van der Waals surface area (Å²) in [6, 6.07) is 10.6. The first-order valence-electron chi connectivity index (χ1n) is 13.1. The van der Waals surface area contributed by atoms with E-state index in [-0.39, 0.29) is 16.6 Å². The zero-order chi connectivity index (χ0) is 26.7. The average molecular weight is 561 g/mol. The van der Waals surface area contributed by atoms with Gasteiger partial charge in [0.2, 0.25) is 10.0 Å². The number of ether oxygens (including phenoxy) is 1. The van der Waals surface area contributed by atoms with Gasteiger partial charge in [0.25, 0.3) is 5.91 Å². The van der Waals surface area contributed by atoms with E-state index in [0.29, 0.717) is 59.7 Å². The van der Waals surface area contributed by atoms with Crippen LogP contribution in [0.2, 0.25) is 0 Å². The fraction of sp³-hybridized carbons (Fsp3) is 0.481. The summed E-state index contributed by atoms with van der Waals surface area (Å²) >= 11 is 1.27. The van der Waals surface area contributed by atoms with Crippen molar-refractivity contribution in [1.82, 2.24) is 14.2 Å². The first-order chi connectivity index (χ1) is 18.3. The second-order valence-corrected chi connectivity index (χ2v) is 12.9. The van der Waals surface area contributed by atoms with Crippen LogP contribution in [0, 0.1) is 11.7 Å². The molecule has 0 aliphatic carbocycles. The predicted molar refractivity (Wildman–Crippen MR) is 147 cm³/mol. The quantitative estimate of drug-likeness (QED) is 0.410. The highest BCUT2D eigenvalue weighted by molar-refractivity contribution is 7.89. The number of hydrogen-bond donors (Lipinski definition) is 0. The van der Waals surface area contributed by atoms with Crippen LogP contribution in [-0.2, 0) is 14.8 Å². The zero-order valence-corrected chi connectivity index (χ0v) is 23.1. The second-order valence-electron chi connectivity index (χ2n) is 9.98. The molecule has 2 aliphatic heterocycles. The average Bonchev–Trinajstić information content (AvgIpc) is 3.34. The molecule has 1 aromatic heterocycles. The molecule has 11 heteroatoms. The van der Waals surface area contributed by atoms with Crippen LogP contribution < -0.4 is 4.90 Å². The van der Waals surface area contributed by atoms with Gasteiger partial charge in [0.1, 0.15) is 5.82 Å². The third kappa shape index (κ3) is 6.07. The lowest BCUT2D eigenvalue weighted by Gasteiger charge is -2.29. The van der Waals surface area contributed by atoms with Crippen molar-refractivity contribution in [2.24, 2.45) is 5.92 Å². The van der Waals surface area contributed by atoms with E-state index in [4.69, 9.17) is 4.74 Å². The molecule has 1 amide bonds. The molecule has 5 rings (SSSR count). The van der Waals surface area contributed by atoms with Crippen LogP contribution in [0.5, 0.6) is 0 Å². The lowest BCUT2D eigenvalue weighted by molar-refractivity contribution is 0.0376. The van der Waals surface area contributed by atoms with Crippen molar-refractivity contribution in [2.75, 3.05) is 57.4 Å². The van der Waals surface area contributed by atoms with Gasteiger partial charge in [-0.15, -0.1) is 0 Å². The monoisotopic (exact) mass is 560 g/mol. The van der Waals surface area contributed by atoms with Crippen LogP contribution in [0.15, 0.2) is 47.4 Å². The van der Waals surface area contributed by atoms with Gasteiger partial charge in [-0.1, -0.05) is 18.3 Å². The van der Waals surface area contributed by atoms with Gasteiger partial charge in [0.05, 0.1) is 28.3 Å². The maximum atomic E-state index is 13.8. The largest absolute Gasteiger partial charge is 0.379 e. The van der Waals surface area contributed by atoms with Crippen LogP contribution in [0.25, 0.3) is 10.2 Å². The number of aromatic nitrogens is 1. The first-order valence-corrected chi connectivity index (χ1v) is 15.4. The van der Waals surface area contributed by atoms with E-state index < -0.39 is 10.0 Å². The van der Waals surface area contributed by atoms with Crippen molar-refractivity contribution in [3.05, 3.63) is 53.8 Å². The number of thiazole rings is 1. The number of morpholine rings is 1. The highest BCUT2D eigenvalue weighted by Crippen LogP contribution is 2.31. The SMILES string of the molecule is CC1CCN(S(=O)(=O)c2ccc(C(=O)N(CCCN3CCOCC3)c3nc4ccc(F)cc4s3)cc2)CC1. The maximum Gasteiger partial charge on any atom is 0.260 e. The van der Waals surface area contributed by atoms with Gasteiger partial charge in [0, 0.05) is 44.8 Å². The Hall–Kier alpha value is -2.44. The molecular formula is C27H33FN4O4S2. The third-order valence-electron chi connectivity index (χ3n) is 7.26. The van der Waals surface area contributed by atoms with E-state index in [1.165, 1.54) is 39.9 Å². The van der Waals surface area contributed by atoms with Crippen LogP contribution in [-0.4, -0.2) is 81.0 Å². The van der Waals surface area contributed by atoms with E-state index in [2.05, 4.69) is 16.8 Å². The molecule has 0 saturated carbocycles. The topological polar surface area (TPSA) is 83.1 Å². The Labute approximate surface area is 227 Å². The number of sulfonamides is 1. The Kier molecular flexibility index (Phi) is 8.39. The molecule has 0 unspecified atom stereocenters. The summed E-state index contributed by atoms with van der Waals surface area (Å²) in [7, 11) is -3.60. The van der Waals surface area contributed by atoms with Gasteiger partial charge in [-0.3, -0.25) is 14.6 Å². The van der Waals surface area contributed by atoms with E-state index in [1.54, 1.807) is 23.1 Å². The van der Waals surface area contributed by atoms with E-state index in [9.17, 15) is 17.6 Å². The molecular weight excluding hydrogens is 527 g/mol. The van der Waals surface area contributed by atoms with Crippen molar-refractivity contribution >= 4 is 42.6 Å². The lowest BCUT2D eigenvalue weighted by atomic mass is 10.0. The number of rotatable bonds is 8. The number of benzene rings is 2. The zero-order valence-electron chi connectivity index (χ0n) is 21.5. The molecule has 3 aromatic rings. The molecule has 0 atom stereocenters. The van der Waals surface area contributed by atoms with Crippen molar-refractivity contribution in [3.8, 4) is 0 Å². The Morgan fingerprint density at radius 3 is 2.53 bits per heavy atom. The summed E-state index contributed by atoms with van der Waals surface area (Å²) in [4.78, 5) is 22.4. The molecule has 0 radical (unpaired) electrons. The molecule has 2 saturated heterocycles. The van der Waals surface area contributed by atoms with E-state index >= 15 is 0 Å². The first kappa shape index (κ1) is 27.1. The Balaban J connectivity index is 1.36. The number of carbonyl (C=O) groups is 1. The van der Waals surface area contributed by atoms with Gasteiger partial charge >= 0.3 is 0 Å². The highest BCUT2D eigenvalue weighted by Gasteiger charge is 2.29. The summed E-state index contributed by atoms with van der Waals surface area (Å²) in [5, 5.41) is 0.497. The second kappa shape index (κ2) is 11.7. The van der Waals surface area contributed by atoms with E-state index in [0.717, 1.165) is 38.9 Å². The lowest BCUT2D eigenvalue weighted by Crippen LogP contribution is -2.39. The van der Waals surface area contributed by atoms with Crippen molar-refractivity contribution in [2.45, 2.75) is 31.1 Å². The summed E-state index contributed by atoms with van der Waals surface area (Å²) in [5.41, 5.74) is 1.02. The van der Waals surface area contributed by atoms with Crippen LogP contribution in [0.3, 0.4) is 0 Å². The van der Waals surface area contributed by atoms with Gasteiger partial charge in [-0.2, -0.15) is 4.31 Å². The normalized spacial score (nSPS) is 18.2. The van der Waals surface area contributed by atoms with Gasteiger partial charge in [-0.25, -0.2) is 17.8 Å². The minimum Gasteiger partial charge on any atom is -0.379 e.